The third-order valence-electron chi connectivity index (χ3n) is 4.80. The maximum atomic E-state index is 12.1. The van der Waals surface area contributed by atoms with Gasteiger partial charge in [-0.15, -0.1) is 0 Å². The van der Waals surface area contributed by atoms with Crippen molar-refractivity contribution in [3.05, 3.63) is 65.7 Å². The molecule has 0 unspecified atom stereocenters. The van der Waals surface area contributed by atoms with E-state index in [4.69, 9.17) is 4.74 Å². The first-order valence-electron chi connectivity index (χ1n) is 8.93. The number of rotatable bonds is 6. The fraction of sp³-hybridized carbons (Fsp3) is 0.381. The van der Waals surface area contributed by atoms with E-state index in [1.54, 1.807) is 12.1 Å². The molecule has 0 aliphatic heterocycles. The average Bonchev–Trinajstić information content (AvgIpc) is 2.67. The van der Waals surface area contributed by atoms with Gasteiger partial charge in [0.1, 0.15) is 5.75 Å². The summed E-state index contributed by atoms with van der Waals surface area (Å²) in [4.78, 5) is 12.1. The number of nitrogens with one attached hydrogen (secondary N) is 1. The molecule has 132 valence electrons. The highest BCUT2D eigenvalue weighted by atomic mass is 16.5. The normalized spacial score (nSPS) is 20.2. The second kappa shape index (κ2) is 8.67. The first-order valence-corrected chi connectivity index (χ1v) is 8.93. The summed E-state index contributed by atoms with van der Waals surface area (Å²) in [6, 6.07) is 16.6. The van der Waals surface area contributed by atoms with Crippen molar-refractivity contribution >= 4 is 5.91 Å². The average molecular weight is 339 g/mol. The van der Waals surface area contributed by atoms with Crippen molar-refractivity contribution in [2.75, 3.05) is 6.54 Å². The monoisotopic (exact) mass is 339 g/mol. The Labute approximate surface area is 148 Å². The zero-order chi connectivity index (χ0) is 17.5. The quantitative estimate of drug-likeness (QED) is 0.839. The van der Waals surface area contributed by atoms with Crippen molar-refractivity contribution in [1.29, 1.82) is 0 Å². The van der Waals surface area contributed by atoms with E-state index in [0.29, 0.717) is 30.7 Å². The van der Waals surface area contributed by atoms with Crippen LogP contribution < -0.4 is 5.32 Å². The van der Waals surface area contributed by atoms with Gasteiger partial charge in [-0.2, -0.15) is 0 Å². The van der Waals surface area contributed by atoms with E-state index in [9.17, 15) is 9.90 Å². The number of amides is 1. The standard InChI is InChI=1S/C21H25NO3/c23-19-10-8-18(9-11-19)21(24)22-14-16-6-12-20(13-7-16)25-15-17-4-2-1-3-5-17/h1-5,8-11,16,20,23H,6-7,12-15H2,(H,22,24). The van der Waals surface area contributed by atoms with E-state index in [0.717, 1.165) is 25.7 Å². The highest BCUT2D eigenvalue weighted by molar-refractivity contribution is 5.94. The lowest BCUT2D eigenvalue weighted by Crippen LogP contribution is -2.32. The minimum absolute atomic E-state index is 0.0811. The molecule has 0 radical (unpaired) electrons. The first kappa shape index (κ1) is 17.5. The van der Waals surface area contributed by atoms with Crippen LogP contribution in [0.2, 0.25) is 0 Å². The summed E-state index contributed by atoms with van der Waals surface area (Å²) in [7, 11) is 0. The number of ether oxygens (including phenoxy) is 1. The molecule has 25 heavy (non-hydrogen) atoms. The molecule has 1 amide bonds. The molecule has 0 atom stereocenters. The Morgan fingerprint density at radius 3 is 2.36 bits per heavy atom. The number of carbonyl (C=O) groups is 1. The molecule has 2 N–H and O–H groups in total. The number of phenolic OH excluding ortho intramolecular Hbond substituents is 1. The SMILES string of the molecule is O=C(NCC1CCC(OCc2ccccc2)CC1)c1ccc(O)cc1. The van der Waals surface area contributed by atoms with Crippen LogP contribution in [-0.4, -0.2) is 23.7 Å². The maximum Gasteiger partial charge on any atom is 0.251 e. The number of carbonyl (C=O) groups excluding carboxylic acids is 1. The summed E-state index contributed by atoms with van der Waals surface area (Å²) in [5.74, 6) is 0.602. The molecule has 0 aromatic heterocycles. The van der Waals surface area contributed by atoms with Gasteiger partial charge >= 0.3 is 0 Å². The lowest BCUT2D eigenvalue weighted by atomic mass is 9.87. The van der Waals surface area contributed by atoms with Crippen LogP contribution in [0.5, 0.6) is 5.75 Å². The fourth-order valence-corrected chi connectivity index (χ4v) is 3.24. The summed E-state index contributed by atoms with van der Waals surface area (Å²) in [6.45, 7) is 1.37. The molecule has 1 aliphatic rings. The molecule has 2 aromatic carbocycles. The van der Waals surface area contributed by atoms with Gasteiger partial charge in [-0.05, 0) is 61.4 Å². The second-order valence-corrected chi connectivity index (χ2v) is 6.70. The molecule has 0 saturated heterocycles. The Hall–Kier alpha value is -2.33. The Morgan fingerprint density at radius 1 is 1.00 bits per heavy atom. The van der Waals surface area contributed by atoms with Crippen molar-refractivity contribution in [2.45, 2.75) is 38.4 Å². The lowest BCUT2D eigenvalue weighted by Gasteiger charge is -2.28. The molecule has 1 aliphatic carbocycles. The van der Waals surface area contributed by atoms with Crippen molar-refractivity contribution in [1.82, 2.24) is 5.32 Å². The summed E-state index contributed by atoms with van der Waals surface area (Å²) < 4.78 is 6.01. The summed E-state index contributed by atoms with van der Waals surface area (Å²) in [5, 5.41) is 12.3. The number of benzene rings is 2. The van der Waals surface area contributed by atoms with Crippen molar-refractivity contribution < 1.29 is 14.6 Å². The Balaban J connectivity index is 1.36. The van der Waals surface area contributed by atoms with E-state index >= 15 is 0 Å². The molecule has 0 spiro atoms. The van der Waals surface area contributed by atoms with Crippen LogP contribution >= 0.6 is 0 Å². The zero-order valence-electron chi connectivity index (χ0n) is 14.4. The smallest absolute Gasteiger partial charge is 0.251 e. The van der Waals surface area contributed by atoms with Gasteiger partial charge in [0, 0.05) is 12.1 Å². The van der Waals surface area contributed by atoms with Gasteiger partial charge in [0.05, 0.1) is 12.7 Å². The summed E-state index contributed by atoms with van der Waals surface area (Å²) >= 11 is 0. The molecule has 2 aromatic rings. The minimum Gasteiger partial charge on any atom is -0.508 e. The van der Waals surface area contributed by atoms with Gasteiger partial charge in [-0.3, -0.25) is 4.79 Å². The molecule has 1 saturated carbocycles. The van der Waals surface area contributed by atoms with Gasteiger partial charge in [-0.25, -0.2) is 0 Å². The second-order valence-electron chi connectivity index (χ2n) is 6.70. The maximum absolute atomic E-state index is 12.1. The first-order chi connectivity index (χ1) is 12.2. The van der Waals surface area contributed by atoms with Gasteiger partial charge in [0.2, 0.25) is 0 Å². The van der Waals surface area contributed by atoms with Crippen LogP contribution in [0, 0.1) is 5.92 Å². The van der Waals surface area contributed by atoms with Crippen LogP contribution in [0.25, 0.3) is 0 Å². The third kappa shape index (κ3) is 5.33. The number of hydrogen-bond donors (Lipinski definition) is 2. The van der Waals surface area contributed by atoms with Gasteiger partial charge in [0.25, 0.3) is 5.91 Å². The molecule has 1 fully saturated rings. The van der Waals surface area contributed by atoms with Crippen LogP contribution in [0.4, 0.5) is 0 Å². The molecular weight excluding hydrogens is 314 g/mol. The fourth-order valence-electron chi connectivity index (χ4n) is 3.24. The zero-order valence-corrected chi connectivity index (χ0v) is 14.4. The van der Waals surface area contributed by atoms with E-state index in [1.165, 1.54) is 17.7 Å². The van der Waals surface area contributed by atoms with Crippen molar-refractivity contribution in [3.8, 4) is 5.75 Å². The van der Waals surface area contributed by atoms with Gasteiger partial charge < -0.3 is 15.2 Å². The Bertz CT molecular complexity index is 661. The van der Waals surface area contributed by atoms with Crippen LogP contribution in [0.3, 0.4) is 0 Å². The lowest BCUT2D eigenvalue weighted by molar-refractivity contribution is 0.00731. The van der Waals surface area contributed by atoms with Crippen molar-refractivity contribution in [3.63, 3.8) is 0 Å². The third-order valence-corrected chi connectivity index (χ3v) is 4.80. The Morgan fingerprint density at radius 2 is 1.68 bits per heavy atom. The van der Waals surface area contributed by atoms with E-state index in [1.807, 2.05) is 18.2 Å². The van der Waals surface area contributed by atoms with Crippen molar-refractivity contribution in [2.24, 2.45) is 5.92 Å². The topological polar surface area (TPSA) is 58.6 Å². The largest absolute Gasteiger partial charge is 0.508 e. The molecule has 4 nitrogen and oxygen atoms in total. The van der Waals surface area contributed by atoms with E-state index in [-0.39, 0.29) is 11.7 Å². The minimum atomic E-state index is -0.0811. The predicted molar refractivity (Wildman–Crippen MR) is 97.4 cm³/mol. The van der Waals surface area contributed by atoms with Crippen LogP contribution in [0.1, 0.15) is 41.6 Å². The number of phenols is 1. The van der Waals surface area contributed by atoms with Crippen LogP contribution in [-0.2, 0) is 11.3 Å². The van der Waals surface area contributed by atoms with Gasteiger partial charge in [-0.1, -0.05) is 30.3 Å². The van der Waals surface area contributed by atoms with Gasteiger partial charge in [0.15, 0.2) is 0 Å². The highest BCUT2D eigenvalue weighted by Crippen LogP contribution is 2.26. The number of hydrogen-bond acceptors (Lipinski definition) is 3. The molecule has 3 rings (SSSR count). The van der Waals surface area contributed by atoms with Crippen LogP contribution in [0.15, 0.2) is 54.6 Å². The Kier molecular flexibility index (Phi) is 6.07. The molecule has 0 bridgehead atoms. The summed E-state index contributed by atoms with van der Waals surface area (Å²) in [6.07, 6.45) is 4.58. The molecule has 4 heteroatoms. The summed E-state index contributed by atoms with van der Waals surface area (Å²) in [5.41, 5.74) is 1.79. The van der Waals surface area contributed by atoms with E-state index < -0.39 is 0 Å². The molecular formula is C21H25NO3. The number of aromatic hydroxyl groups is 1. The van der Waals surface area contributed by atoms with E-state index in [2.05, 4.69) is 17.4 Å². The predicted octanol–water partition coefficient (Wildman–Crippen LogP) is 3.90. The highest BCUT2D eigenvalue weighted by Gasteiger charge is 2.22. The molecule has 0 heterocycles.